The number of aromatic nitrogens is 3. The number of fused-ring (bicyclic) bond motifs is 1. The van der Waals surface area contributed by atoms with E-state index in [9.17, 15) is 8.78 Å². The molecule has 0 unspecified atom stereocenters. The molecule has 3 N–H and O–H groups in total. The zero-order chi connectivity index (χ0) is 14.1. The number of imidazole rings is 1. The minimum Gasteiger partial charge on any atom is -0.340 e. The molecule has 0 spiro atoms. The molecule has 2 aromatic heterocycles. The molecule has 20 heavy (non-hydrogen) atoms. The summed E-state index contributed by atoms with van der Waals surface area (Å²) in [7, 11) is 0. The molecule has 2 heterocycles. The zero-order valence-electron chi connectivity index (χ0n) is 10.5. The number of halogens is 2. The molecule has 3 aromatic rings. The Labute approximate surface area is 113 Å². The molecule has 0 radical (unpaired) electrons. The highest BCUT2D eigenvalue weighted by Crippen LogP contribution is 2.27. The van der Waals surface area contributed by atoms with Gasteiger partial charge in [-0.25, -0.2) is 18.7 Å². The van der Waals surface area contributed by atoms with Gasteiger partial charge in [0.15, 0.2) is 5.65 Å². The van der Waals surface area contributed by atoms with Crippen molar-refractivity contribution in [3.8, 4) is 11.1 Å². The lowest BCUT2D eigenvalue weighted by molar-refractivity contribution is 0.584. The fourth-order valence-corrected chi connectivity index (χ4v) is 2.16. The van der Waals surface area contributed by atoms with Gasteiger partial charge in [0.2, 0.25) is 0 Å². The van der Waals surface area contributed by atoms with Crippen LogP contribution in [0.5, 0.6) is 0 Å². The Morgan fingerprint density at radius 1 is 1.15 bits per heavy atom. The van der Waals surface area contributed by atoms with Crippen LogP contribution in [0.15, 0.2) is 30.5 Å². The van der Waals surface area contributed by atoms with Gasteiger partial charge in [0.05, 0.1) is 5.52 Å². The predicted octanol–water partition coefficient (Wildman–Crippen LogP) is 2.40. The van der Waals surface area contributed by atoms with E-state index in [-0.39, 0.29) is 0 Å². The maximum atomic E-state index is 13.3. The van der Waals surface area contributed by atoms with Gasteiger partial charge < -0.3 is 10.7 Å². The monoisotopic (exact) mass is 274 g/mol. The fourth-order valence-electron chi connectivity index (χ4n) is 2.16. The van der Waals surface area contributed by atoms with Crippen molar-refractivity contribution in [1.82, 2.24) is 15.0 Å². The van der Waals surface area contributed by atoms with Crippen LogP contribution in [0.2, 0.25) is 0 Å². The largest absolute Gasteiger partial charge is 0.340 e. The molecular weight excluding hydrogens is 262 g/mol. The molecule has 0 atom stereocenters. The van der Waals surface area contributed by atoms with Crippen molar-refractivity contribution in [3.05, 3.63) is 47.9 Å². The van der Waals surface area contributed by atoms with Crippen molar-refractivity contribution >= 4 is 11.2 Å². The first kappa shape index (κ1) is 12.7. The van der Waals surface area contributed by atoms with Crippen molar-refractivity contribution < 1.29 is 8.78 Å². The Bertz CT molecular complexity index is 747. The average Bonchev–Trinajstić information content (AvgIpc) is 2.80. The van der Waals surface area contributed by atoms with Gasteiger partial charge >= 0.3 is 0 Å². The molecule has 0 aliphatic carbocycles. The molecule has 4 nitrogen and oxygen atoms in total. The van der Waals surface area contributed by atoms with Crippen molar-refractivity contribution in [3.63, 3.8) is 0 Å². The number of nitrogens with two attached hydrogens (primary N) is 1. The van der Waals surface area contributed by atoms with Crippen LogP contribution < -0.4 is 5.73 Å². The molecular formula is C14H12F2N4. The SMILES string of the molecule is NCCc1nc2nccc(-c3cc(F)cc(F)c3)c2[nH]1. The molecule has 0 amide bonds. The van der Waals surface area contributed by atoms with Crippen LogP contribution in [0.3, 0.4) is 0 Å². The third kappa shape index (κ3) is 2.25. The van der Waals surface area contributed by atoms with Crippen molar-refractivity contribution in [1.29, 1.82) is 0 Å². The summed E-state index contributed by atoms with van der Waals surface area (Å²) in [6.07, 6.45) is 2.15. The summed E-state index contributed by atoms with van der Waals surface area (Å²) in [6, 6.07) is 5.10. The van der Waals surface area contributed by atoms with E-state index in [1.807, 2.05) is 0 Å². The summed E-state index contributed by atoms with van der Waals surface area (Å²) in [4.78, 5) is 11.5. The van der Waals surface area contributed by atoms with Gasteiger partial charge in [0.1, 0.15) is 17.5 Å². The van der Waals surface area contributed by atoms with E-state index >= 15 is 0 Å². The Morgan fingerprint density at radius 3 is 2.60 bits per heavy atom. The van der Waals surface area contributed by atoms with E-state index in [1.54, 1.807) is 12.3 Å². The second-order valence-electron chi connectivity index (χ2n) is 4.44. The molecule has 0 saturated heterocycles. The maximum absolute atomic E-state index is 13.3. The van der Waals surface area contributed by atoms with Crippen molar-refractivity contribution in [2.24, 2.45) is 5.73 Å². The van der Waals surface area contributed by atoms with Crippen LogP contribution in [-0.2, 0) is 6.42 Å². The number of nitrogens with one attached hydrogen (secondary N) is 1. The summed E-state index contributed by atoms with van der Waals surface area (Å²) < 4.78 is 26.7. The van der Waals surface area contributed by atoms with Gasteiger partial charge in [-0.05, 0) is 30.3 Å². The molecule has 0 aliphatic rings. The number of pyridine rings is 1. The molecule has 0 fully saturated rings. The van der Waals surface area contributed by atoms with E-state index < -0.39 is 11.6 Å². The highest BCUT2D eigenvalue weighted by atomic mass is 19.1. The van der Waals surface area contributed by atoms with Crippen LogP contribution in [0.25, 0.3) is 22.3 Å². The predicted molar refractivity (Wildman–Crippen MR) is 72.0 cm³/mol. The normalized spacial score (nSPS) is 11.2. The molecule has 6 heteroatoms. The number of aromatic amines is 1. The molecule has 0 aliphatic heterocycles. The molecule has 1 aromatic carbocycles. The third-order valence-electron chi connectivity index (χ3n) is 3.00. The minimum atomic E-state index is -0.619. The first-order valence-electron chi connectivity index (χ1n) is 6.17. The summed E-state index contributed by atoms with van der Waals surface area (Å²) in [5.41, 5.74) is 7.75. The number of benzene rings is 1. The van der Waals surface area contributed by atoms with Crippen molar-refractivity contribution in [2.45, 2.75) is 6.42 Å². The number of nitrogens with zero attached hydrogens (tertiary/aromatic N) is 2. The van der Waals surface area contributed by atoms with Crippen LogP contribution in [-0.4, -0.2) is 21.5 Å². The second-order valence-corrected chi connectivity index (χ2v) is 4.44. The Morgan fingerprint density at radius 2 is 1.90 bits per heavy atom. The van der Waals surface area contributed by atoms with E-state index in [0.29, 0.717) is 41.1 Å². The number of rotatable bonds is 3. The van der Waals surface area contributed by atoms with Crippen LogP contribution in [0.1, 0.15) is 5.82 Å². The van der Waals surface area contributed by atoms with Gasteiger partial charge in [-0.3, -0.25) is 0 Å². The van der Waals surface area contributed by atoms with Gasteiger partial charge in [0, 0.05) is 24.2 Å². The Balaban J connectivity index is 2.19. The Kier molecular flexibility index (Phi) is 3.15. The highest BCUT2D eigenvalue weighted by Gasteiger charge is 2.11. The summed E-state index contributed by atoms with van der Waals surface area (Å²) in [5, 5.41) is 0. The number of hydrogen-bond acceptors (Lipinski definition) is 3. The molecule has 0 bridgehead atoms. The van der Waals surface area contributed by atoms with Crippen molar-refractivity contribution in [2.75, 3.05) is 6.54 Å². The average molecular weight is 274 g/mol. The summed E-state index contributed by atoms with van der Waals surface area (Å²) in [5.74, 6) is -0.530. The van der Waals surface area contributed by atoms with Crippen LogP contribution in [0.4, 0.5) is 8.78 Å². The van der Waals surface area contributed by atoms with E-state index in [4.69, 9.17) is 5.73 Å². The standard InChI is InChI=1S/C14H12F2N4/c15-9-5-8(6-10(16)7-9)11-2-4-18-14-13(11)19-12(20-14)1-3-17/h2,4-7H,1,3,17H2,(H,18,19,20). The lowest BCUT2D eigenvalue weighted by Gasteiger charge is -2.03. The van der Waals surface area contributed by atoms with Crippen LogP contribution in [0, 0.1) is 11.6 Å². The molecule has 0 saturated carbocycles. The highest BCUT2D eigenvalue weighted by molar-refractivity contribution is 5.89. The smallest absolute Gasteiger partial charge is 0.178 e. The lowest BCUT2D eigenvalue weighted by atomic mass is 10.1. The third-order valence-corrected chi connectivity index (χ3v) is 3.00. The van der Waals surface area contributed by atoms with Gasteiger partial charge in [-0.1, -0.05) is 0 Å². The zero-order valence-corrected chi connectivity index (χ0v) is 10.5. The number of hydrogen-bond donors (Lipinski definition) is 2. The molecule has 102 valence electrons. The maximum Gasteiger partial charge on any atom is 0.178 e. The summed E-state index contributed by atoms with van der Waals surface area (Å²) in [6.45, 7) is 0.462. The van der Waals surface area contributed by atoms with Gasteiger partial charge in [-0.2, -0.15) is 0 Å². The quantitative estimate of drug-likeness (QED) is 0.770. The Hall–Kier alpha value is -2.34. The fraction of sp³-hybridized carbons (Fsp3) is 0.143. The van der Waals surface area contributed by atoms with E-state index in [0.717, 1.165) is 6.07 Å². The van der Waals surface area contributed by atoms with E-state index in [1.165, 1.54) is 12.1 Å². The first-order valence-corrected chi connectivity index (χ1v) is 6.17. The second kappa shape index (κ2) is 4.97. The molecule has 3 rings (SSSR count). The topological polar surface area (TPSA) is 67.6 Å². The van der Waals surface area contributed by atoms with Gasteiger partial charge in [0.25, 0.3) is 0 Å². The van der Waals surface area contributed by atoms with Gasteiger partial charge in [-0.15, -0.1) is 0 Å². The minimum absolute atomic E-state index is 0.442. The summed E-state index contributed by atoms with van der Waals surface area (Å²) >= 11 is 0. The first-order chi connectivity index (χ1) is 9.67. The van der Waals surface area contributed by atoms with E-state index in [2.05, 4.69) is 15.0 Å². The lowest BCUT2D eigenvalue weighted by Crippen LogP contribution is -2.03. The number of H-pyrrole nitrogens is 1. The van der Waals surface area contributed by atoms with Crippen LogP contribution >= 0.6 is 0 Å².